The van der Waals surface area contributed by atoms with Crippen molar-refractivity contribution in [2.75, 3.05) is 24.7 Å². The van der Waals surface area contributed by atoms with E-state index in [-0.39, 0.29) is 18.6 Å². The van der Waals surface area contributed by atoms with Crippen molar-refractivity contribution in [2.45, 2.75) is 39.2 Å². The molecule has 1 fully saturated rings. The Labute approximate surface area is 103 Å². The Bertz CT molecular complexity index is 223. The van der Waals surface area contributed by atoms with E-state index < -0.39 is 0 Å². The van der Waals surface area contributed by atoms with Crippen molar-refractivity contribution in [3.63, 3.8) is 0 Å². The maximum absolute atomic E-state index is 11.9. The molecule has 16 heavy (non-hydrogen) atoms. The molecule has 1 rings (SSSR count). The summed E-state index contributed by atoms with van der Waals surface area (Å²) in [5, 5.41) is 9.26. The van der Waals surface area contributed by atoms with Crippen molar-refractivity contribution >= 4 is 17.7 Å². The molecule has 0 spiro atoms. The Morgan fingerprint density at radius 2 is 2.31 bits per heavy atom. The topological polar surface area (TPSA) is 40.5 Å². The van der Waals surface area contributed by atoms with Crippen molar-refractivity contribution < 1.29 is 9.90 Å². The average molecular weight is 245 g/mol. The van der Waals surface area contributed by atoms with Gasteiger partial charge in [-0.05, 0) is 24.5 Å². The highest BCUT2D eigenvalue weighted by Crippen LogP contribution is 2.24. The normalized spacial score (nSPS) is 25.1. The summed E-state index contributed by atoms with van der Waals surface area (Å²) in [7, 11) is 0. The van der Waals surface area contributed by atoms with Gasteiger partial charge in [0.25, 0.3) is 0 Å². The van der Waals surface area contributed by atoms with E-state index in [0.29, 0.717) is 11.7 Å². The Morgan fingerprint density at radius 1 is 1.56 bits per heavy atom. The molecule has 4 heteroatoms. The van der Waals surface area contributed by atoms with Gasteiger partial charge in [-0.25, -0.2) is 0 Å². The number of rotatable bonds is 6. The van der Waals surface area contributed by atoms with Crippen molar-refractivity contribution in [3.05, 3.63) is 0 Å². The van der Waals surface area contributed by atoms with Gasteiger partial charge in [0.05, 0.1) is 18.4 Å². The summed E-state index contributed by atoms with van der Waals surface area (Å²) in [5.74, 6) is 2.28. The van der Waals surface area contributed by atoms with Gasteiger partial charge < -0.3 is 10.0 Å². The Kier molecular flexibility index (Phi) is 6.21. The fourth-order valence-electron chi connectivity index (χ4n) is 2.09. The average Bonchev–Trinajstić information content (AvgIpc) is 2.65. The maximum Gasteiger partial charge on any atom is 0.232 e. The van der Waals surface area contributed by atoms with E-state index in [0.717, 1.165) is 18.7 Å². The zero-order chi connectivity index (χ0) is 12.0. The molecule has 1 saturated heterocycles. The van der Waals surface area contributed by atoms with E-state index in [9.17, 15) is 9.90 Å². The Hall–Kier alpha value is -0.220. The number of unbranched alkanes of at least 4 members (excludes halogenated alkanes) is 1. The van der Waals surface area contributed by atoms with Gasteiger partial charge in [0, 0.05) is 6.54 Å². The molecule has 0 radical (unpaired) electrons. The van der Waals surface area contributed by atoms with Crippen molar-refractivity contribution in [3.8, 4) is 0 Å². The number of amides is 1. The molecule has 1 aliphatic rings. The Morgan fingerprint density at radius 3 is 2.94 bits per heavy atom. The van der Waals surface area contributed by atoms with Crippen LogP contribution in [0, 0.1) is 5.92 Å². The summed E-state index contributed by atoms with van der Waals surface area (Å²) >= 11 is 1.71. The van der Waals surface area contributed by atoms with Crippen LogP contribution in [0.4, 0.5) is 0 Å². The molecule has 3 nitrogen and oxygen atoms in total. The van der Waals surface area contributed by atoms with Gasteiger partial charge in [-0.3, -0.25) is 4.79 Å². The summed E-state index contributed by atoms with van der Waals surface area (Å²) in [6.45, 7) is 5.19. The number of likely N-dealkylation sites (tertiary alicyclic amines) is 1. The molecule has 0 bridgehead atoms. The Balaban J connectivity index is 2.30. The van der Waals surface area contributed by atoms with Gasteiger partial charge in [0.2, 0.25) is 5.91 Å². The number of aliphatic hydroxyl groups is 1. The van der Waals surface area contributed by atoms with Crippen molar-refractivity contribution in [1.82, 2.24) is 4.90 Å². The number of hydrogen-bond acceptors (Lipinski definition) is 3. The molecule has 1 N–H and O–H groups in total. The first-order valence-corrected chi connectivity index (χ1v) is 7.34. The molecule has 1 heterocycles. The van der Waals surface area contributed by atoms with Gasteiger partial charge in [0.1, 0.15) is 0 Å². The third-order valence-corrected chi connectivity index (χ3v) is 4.29. The number of hydrogen-bond donors (Lipinski definition) is 1. The van der Waals surface area contributed by atoms with E-state index in [1.54, 1.807) is 11.8 Å². The van der Waals surface area contributed by atoms with Crippen molar-refractivity contribution in [1.29, 1.82) is 0 Å². The second-order valence-electron chi connectivity index (χ2n) is 4.51. The van der Waals surface area contributed by atoms with Crippen LogP contribution in [0.1, 0.15) is 33.1 Å². The van der Waals surface area contributed by atoms with E-state index in [1.807, 2.05) is 4.90 Å². The van der Waals surface area contributed by atoms with E-state index in [1.165, 1.54) is 12.8 Å². The standard InChI is InChI=1S/C12H23NO2S/c1-3-4-7-16-9-12(15)13-6-5-10(2)11(13)8-14/h10-11,14H,3-9H2,1-2H3. The molecular formula is C12H23NO2S. The molecule has 0 aliphatic carbocycles. The highest BCUT2D eigenvalue weighted by Gasteiger charge is 2.33. The first kappa shape index (κ1) is 13.8. The molecule has 1 amide bonds. The zero-order valence-electron chi connectivity index (χ0n) is 10.3. The number of thioether (sulfide) groups is 1. The van der Waals surface area contributed by atoms with E-state index >= 15 is 0 Å². The lowest BCUT2D eigenvalue weighted by molar-refractivity contribution is -0.130. The predicted octanol–water partition coefficient (Wildman–Crippen LogP) is 1.75. The smallest absolute Gasteiger partial charge is 0.232 e. The second-order valence-corrected chi connectivity index (χ2v) is 5.61. The predicted molar refractivity (Wildman–Crippen MR) is 68.6 cm³/mol. The molecule has 0 aromatic carbocycles. The van der Waals surface area contributed by atoms with Crippen LogP contribution >= 0.6 is 11.8 Å². The summed E-state index contributed by atoms with van der Waals surface area (Å²) in [4.78, 5) is 13.8. The van der Waals surface area contributed by atoms with Gasteiger partial charge in [-0.2, -0.15) is 11.8 Å². The largest absolute Gasteiger partial charge is 0.394 e. The molecular weight excluding hydrogens is 222 g/mol. The van der Waals surface area contributed by atoms with Crippen LogP contribution in [0.15, 0.2) is 0 Å². The lowest BCUT2D eigenvalue weighted by Gasteiger charge is -2.25. The van der Waals surface area contributed by atoms with E-state index in [4.69, 9.17) is 0 Å². The minimum Gasteiger partial charge on any atom is -0.394 e. The van der Waals surface area contributed by atoms with E-state index in [2.05, 4.69) is 13.8 Å². The number of carbonyl (C=O) groups excluding carboxylic acids is 1. The van der Waals surface area contributed by atoms with Crippen LogP contribution in [0.25, 0.3) is 0 Å². The zero-order valence-corrected chi connectivity index (χ0v) is 11.1. The quantitative estimate of drug-likeness (QED) is 0.725. The summed E-state index contributed by atoms with van der Waals surface area (Å²) in [6.07, 6.45) is 3.38. The van der Waals surface area contributed by atoms with Crippen molar-refractivity contribution in [2.24, 2.45) is 5.92 Å². The highest BCUT2D eigenvalue weighted by atomic mass is 32.2. The van der Waals surface area contributed by atoms with Gasteiger partial charge in [0.15, 0.2) is 0 Å². The molecule has 94 valence electrons. The van der Waals surface area contributed by atoms with Crippen LogP contribution in [0.3, 0.4) is 0 Å². The minimum absolute atomic E-state index is 0.0549. The fraction of sp³-hybridized carbons (Fsp3) is 0.917. The molecule has 0 aromatic rings. The van der Waals surface area contributed by atoms with Gasteiger partial charge in [-0.1, -0.05) is 20.3 Å². The maximum atomic E-state index is 11.9. The molecule has 2 atom stereocenters. The van der Waals surface area contributed by atoms with Gasteiger partial charge >= 0.3 is 0 Å². The highest BCUT2D eigenvalue weighted by molar-refractivity contribution is 7.99. The van der Waals surface area contributed by atoms with Gasteiger partial charge in [-0.15, -0.1) is 0 Å². The number of aliphatic hydroxyl groups excluding tert-OH is 1. The van der Waals surface area contributed by atoms with Crippen LogP contribution < -0.4 is 0 Å². The number of nitrogens with zero attached hydrogens (tertiary/aromatic N) is 1. The van der Waals surface area contributed by atoms with Crippen LogP contribution in [-0.4, -0.2) is 46.6 Å². The summed E-state index contributed by atoms with van der Waals surface area (Å²) in [5.41, 5.74) is 0. The third-order valence-electron chi connectivity index (χ3n) is 3.26. The van der Waals surface area contributed by atoms with Crippen LogP contribution in [0.2, 0.25) is 0 Å². The summed E-state index contributed by atoms with van der Waals surface area (Å²) < 4.78 is 0. The van der Waals surface area contributed by atoms with Crippen LogP contribution in [-0.2, 0) is 4.79 Å². The minimum atomic E-state index is 0.0549. The monoisotopic (exact) mass is 245 g/mol. The fourth-order valence-corrected chi connectivity index (χ4v) is 3.06. The third kappa shape index (κ3) is 3.67. The summed E-state index contributed by atoms with van der Waals surface area (Å²) in [6, 6.07) is 0.0549. The lowest BCUT2D eigenvalue weighted by Crippen LogP contribution is -2.40. The van der Waals surface area contributed by atoms with Crippen LogP contribution in [0.5, 0.6) is 0 Å². The lowest BCUT2D eigenvalue weighted by atomic mass is 10.0. The first-order valence-electron chi connectivity index (χ1n) is 6.18. The molecule has 0 saturated carbocycles. The molecule has 2 unspecified atom stereocenters. The second kappa shape index (κ2) is 7.17. The SMILES string of the molecule is CCCCSCC(=O)N1CCC(C)C1CO. The molecule has 0 aromatic heterocycles. The molecule has 1 aliphatic heterocycles. The number of carbonyl (C=O) groups is 1. The first-order chi connectivity index (χ1) is 7.70.